The average molecular weight is 241 g/mol. The fraction of sp³-hybridized carbons (Fsp3) is 0.333. The van der Waals surface area contributed by atoms with Gasteiger partial charge in [-0.3, -0.25) is 9.97 Å². The van der Waals surface area contributed by atoms with Gasteiger partial charge in [0.1, 0.15) is 0 Å². The molecule has 0 amide bonds. The second kappa shape index (κ2) is 6.26. The first-order chi connectivity index (χ1) is 8.79. The van der Waals surface area contributed by atoms with E-state index in [0.717, 1.165) is 30.0 Å². The molecule has 18 heavy (non-hydrogen) atoms. The molecule has 2 aromatic heterocycles. The van der Waals surface area contributed by atoms with Gasteiger partial charge in [-0.1, -0.05) is 19.1 Å². The molecule has 2 rings (SSSR count). The summed E-state index contributed by atoms with van der Waals surface area (Å²) in [5.41, 5.74) is 3.23. The number of aromatic nitrogens is 2. The summed E-state index contributed by atoms with van der Waals surface area (Å²) < 4.78 is 0. The molecule has 0 spiro atoms. The van der Waals surface area contributed by atoms with E-state index in [4.69, 9.17) is 0 Å². The van der Waals surface area contributed by atoms with Crippen LogP contribution in [0.5, 0.6) is 0 Å². The van der Waals surface area contributed by atoms with Crippen LogP contribution in [0.1, 0.15) is 30.0 Å². The lowest BCUT2D eigenvalue weighted by atomic mass is 10.1. The average Bonchev–Trinajstić information content (AvgIpc) is 2.39. The van der Waals surface area contributed by atoms with Crippen molar-refractivity contribution in [2.45, 2.75) is 26.3 Å². The number of aryl methyl sites for hydroxylation is 1. The quantitative estimate of drug-likeness (QED) is 0.874. The van der Waals surface area contributed by atoms with Crippen LogP contribution in [0, 0.1) is 6.92 Å². The molecule has 0 bridgehead atoms. The van der Waals surface area contributed by atoms with E-state index in [1.165, 1.54) is 0 Å². The van der Waals surface area contributed by atoms with Crippen molar-refractivity contribution in [2.75, 3.05) is 6.54 Å². The molecular weight excluding hydrogens is 222 g/mol. The van der Waals surface area contributed by atoms with Gasteiger partial charge in [0.05, 0.1) is 11.7 Å². The van der Waals surface area contributed by atoms with Gasteiger partial charge in [0, 0.05) is 24.0 Å². The van der Waals surface area contributed by atoms with Crippen molar-refractivity contribution in [1.82, 2.24) is 15.3 Å². The van der Waals surface area contributed by atoms with Gasteiger partial charge in [0.15, 0.2) is 0 Å². The van der Waals surface area contributed by atoms with E-state index in [1.54, 1.807) is 0 Å². The highest BCUT2D eigenvalue weighted by Gasteiger charge is 2.13. The zero-order chi connectivity index (χ0) is 12.8. The number of likely N-dealkylation sites (N-methyl/N-ethyl adjacent to an activating group) is 1. The zero-order valence-electron chi connectivity index (χ0n) is 10.9. The van der Waals surface area contributed by atoms with Crippen molar-refractivity contribution >= 4 is 0 Å². The molecule has 0 aromatic carbocycles. The van der Waals surface area contributed by atoms with Gasteiger partial charge in [-0.05, 0) is 37.7 Å². The largest absolute Gasteiger partial charge is 0.309 e. The Morgan fingerprint density at radius 2 is 2.06 bits per heavy atom. The van der Waals surface area contributed by atoms with Crippen LogP contribution < -0.4 is 5.32 Å². The molecule has 0 aliphatic carbocycles. The van der Waals surface area contributed by atoms with E-state index in [-0.39, 0.29) is 6.04 Å². The second-order valence-electron chi connectivity index (χ2n) is 4.34. The summed E-state index contributed by atoms with van der Waals surface area (Å²) in [6.07, 6.45) is 2.70. The maximum Gasteiger partial charge on any atom is 0.0580 e. The van der Waals surface area contributed by atoms with Crippen LogP contribution in [0.25, 0.3) is 0 Å². The van der Waals surface area contributed by atoms with Crippen LogP contribution in [-0.4, -0.2) is 16.5 Å². The summed E-state index contributed by atoms with van der Waals surface area (Å²) in [6.45, 7) is 5.06. The Kier molecular flexibility index (Phi) is 4.42. The number of rotatable bonds is 5. The van der Waals surface area contributed by atoms with E-state index in [2.05, 4.69) is 40.4 Å². The van der Waals surface area contributed by atoms with Crippen LogP contribution in [-0.2, 0) is 6.42 Å². The van der Waals surface area contributed by atoms with Gasteiger partial charge < -0.3 is 5.32 Å². The lowest BCUT2D eigenvalue weighted by Gasteiger charge is -2.17. The topological polar surface area (TPSA) is 37.8 Å². The monoisotopic (exact) mass is 241 g/mol. The van der Waals surface area contributed by atoms with Gasteiger partial charge in [0.25, 0.3) is 0 Å². The van der Waals surface area contributed by atoms with Crippen molar-refractivity contribution in [3.63, 3.8) is 0 Å². The summed E-state index contributed by atoms with van der Waals surface area (Å²) in [7, 11) is 0. The molecule has 0 radical (unpaired) electrons. The van der Waals surface area contributed by atoms with Gasteiger partial charge in [-0.2, -0.15) is 0 Å². The lowest BCUT2D eigenvalue weighted by Crippen LogP contribution is -2.24. The molecule has 94 valence electrons. The van der Waals surface area contributed by atoms with Crippen LogP contribution in [0.15, 0.2) is 42.6 Å². The van der Waals surface area contributed by atoms with E-state index in [1.807, 2.05) is 31.3 Å². The van der Waals surface area contributed by atoms with Crippen molar-refractivity contribution < 1.29 is 0 Å². The third-order valence-electron chi connectivity index (χ3n) is 2.86. The first-order valence-corrected chi connectivity index (χ1v) is 6.36. The number of nitrogens with zero attached hydrogens (tertiary/aromatic N) is 2. The Balaban J connectivity index is 2.18. The molecule has 3 nitrogen and oxygen atoms in total. The molecule has 0 aliphatic heterocycles. The maximum absolute atomic E-state index is 4.60. The second-order valence-corrected chi connectivity index (χ2v) is 4.34. The fourth-order valence-electron chi connectivity index (χ4n) is 2.01. The maximum atomic E-state index is 4.60. The Bertz CT molecular complexity index is 482. The summed E-state index contributed by atoms with van der Waals surface area (Å²) in [4.78, 5) is 8.98. The Hall–Kier alpha value is -1.74. The van der Waals surface area contributed by atoms with E-state index >= 15 is 0 Å². The minimum Gasteiger partial charge on any atom is -0.309 e. The first-order valence-electron chi connectivity index (χ1n) is 6.36. The van der Waals surface area contributed by atoms with Crippen molar-refractivity contribution in [3.8, 4) is 0 Å². The summed E-state index contributed by atoms with van der Waals surface area (Å²) >= 11 is 0. The minimum absolute atomic E-state index is 0.227. The highest BCUT2D eigenvalue weighted by molar-refractivity contribution is 5.16. The van der Waals surface area contributed by atoms with Crippen LogP contribution in [0.4, 0.5) is 0 Å². The van der Waals surface area contributed by atoms with Gasteiger partial charge in [0.2, 0.25) is 0 Å². The number of pyridine rings is 2. The lowest BCUT2D eigenvalue weighted by molar-refractivity contribution is 0.530. The fourth-order valence-corrected chi connectivity index (χ4v) is 2.01. The highest BCUT2D eigenvalue weighted by Crippen LogP contribution is 2.15. The number of hydrogen-bond donors (Lipinski definition) is 1. The third kappa shape index (κ3) is 3.37. The molecule has 0 aliphatic rings. The summed E-state index contributed by atoms with van der Waals surface area (Å²) in [6, 6.07) is 12.4. The van der Waals surface area contributed by atoms with Crippen molar-refractivity contribution in [2.24, 2.45) is 0 Å². The smallest absolute Gasteiger partial charge is 0.0580 e. The molecule has 0 saturated carbocycles. The van der Waals surface area contributed by atoms with Crippen LogP contribution in [0.2, 0.25) is 0 Å². The normalized spacial score (nSPS) is 12.3. The summed E-state index contributed by atoms with van der Waals surface area (Å²) in [5, 5.41) is 3.47. The number of nitrogens with one attached hydrogen (secondary N) is 1. The first kappa shape index (κ1) is 12.7. The SMILES string of the molecule is CCNC(Cc1ccccn1)c1cccc(C)n1. The molecule has 1 unspecified atom stereocenters. The van der Waals surface area contributed by atoms with E-state index in [0.29, 0.717) is 0 Å². The molecule has 2 heterocycles. The molecular formula is C15H19N3. The summed E-state index contributed by atoms with van der Waals surface area (Å²) in [5.74, 6) is 0. The van der Waals surface area contributed by atoms with E-state index in [9.17, 15) is 0 Å². The van der Waals surface area contributed by atoms with Crippen molar-refractivity contribution in [1.29, 1.82) is 0 Å². The Morgan fingerprint density at radius 3 is 2.72 bits per heavy atom. The molecule has 1 N–H and O–H groups in total. The highest BCUT2D eigenvalue weighted by atomic mass is 14.9. The minimum atomic E-state index is 0.227. The van der Waals surface area contributed by atoms with Crippen molar-refractivity contribution in [3.05, 3.63) is 59.7 Å². The van der Waals surface area contributed by atoms with E-state index < -0.39 is 0 Å². The predicted molar refractivity (Wildman–Crippen MR) is 73.3 cm³/mol. The third-order valence-corrected chi connectivity index (χ3v) is 2.86. The molecule has 0 fully saturated rings. The van der Waals surface area contributed by atoms with Gasteiger partial charge in [-0.25, -0.2) is 0 Å². The molecule has 1 atom stereocenters. The van der Waals surface area contributed by atoms with Gasteiger partial charge >= 0.3 is 0 Å². The number of hydrogen-bond acceptors (Lipinski definition) is 3. The standard InChI is InChI=1S/C15H19N3/c1-3-16-15(11-13-8-4-5-10-17-13)14-9-6-7-12(2)18-14/h4-10,15-16H,3,11H2,1-2H3. The van der Waals surface area contributed by atoms with Crippen LogP contribution >= 0.6 is 0 Å². The Morgan fingerprint density at radius 1 is 1.17 bits per heavy atom. The van der Waals surface area contributed by atoms with Gasteiger partial charge in [-0.15, -0.1) is 0 Å². The Labute approximate surface area is 108 Å². The predicted octanol–water partition coefficient (Wildman–Crippen LogP) is 2.68. The molecule has 0 saturated heterocycles. The molecule has 2 aromatic rings. The molecule has 3 heteroatoms. The van der Waals surface area contributed by atoms with Crippen LogP contribution in [0.3, 0.4) is 0 Å². The zero-order valence-corrected chi connectivity index (χ0v) is 10.9.